The number of benzene rings is 2. The number of amides is 1. The summed E-state index contributed by atoms with van der Waals surface area (Å²) in [6, 6.07) is 9.49. The molecule has 35 heavy (non-hydrogen) atoms. The summed E-state index contributed by atoms with van der Waals surface area (Å²) >= 11 is 0. The number of aliphatic hydroxyl groups is 1. The van der Waals surface area contributed by atoms with Crippen molar-refractivity contribution in [2.45, 2.75) is 6.04 Å². The second-order valence-electron chi connectivity index (χ2n) is 8.36. The Bertz CT molecular complexity index is 1200. The maximum Gasteiger partial charge on any atom is 0.295 e. The summed E-state index contributed by atoms with van der Waals surface area (Å²) in [5, 5.41) is 22.3. The van der Waals surface area contributed by atoms with Gasteiger partial charge in [0.15, 0.2) is 11.5 Å². The van der Waals surface area contributed by atoms with Crippen molar-refractivity contribution in [3.05, 3.63) is 69.3 Å². The molecule has 1 atom stereocenters. The van der Waals surface area contributed by atoms with E-state index in [-0.39, 0.29) is 30.4 Å². The molecule has 2 fully saturated rings. The fraction of sp³-hybridized carbons (Fsp3) is 0.333. The van der Waals surface area contributed by atoms with Gasteiger partial charge in [0.2, 0.25) is 6.79 Å². The monoisotopic (exact) mass is 481 g/mol. The Morgan fingerprint density at radius 2 is 1.74 bits per heavy atom. The van der Waals surface area contributed by atoms with E-state index in [2.05, 4.69) is 4.90 Å². The van der Waals surface area contributed by atoms with Crippen molar-refractivity contribution in [3.8, 4) is 11.5 Å². The molecule has 2 aromatic carbocycles. The number of hydrogen-bond donors (Lipinski definition) is 1. The summed E-state index contributed by atoms with van der Waals surface area (Å²) < 4.78 is 16.1. The number of nitro benzene ring substituents is 1. The van der Waals surface area contributed by atoms with E-state index in [1.807, 2.05) is 0 Å². The quantitative estimate of drug-likeness (QED) is 0.217. The smallest absolute Gasteiger partial charge is 0.295 e. The van der Waals surface area contributed by atoms with E-state index in [0.717, 1.165) is 0 Å². The Morgan fingerprint density at radius 1 is 1.03 bits per heavy atom. The third-order valence-electron chi connectivity index (χ3n) is 6.37. The lowest BCUT2D eigenvalue weighted by molar-refractivity contribution is -0.384. The summed E-state index contributed by atoms with van der Waals surface area (Å²) in [6.07, 6.45) is 0. The average Bonchev–Trinajstić information content (AvgIpc) is 3.45. The fourth-order valence-corrected chi connectivity index (χ4v) is 4.51. The van der Waals surface area contributed by atoms with Crippen LogP contribution in [0.5, 0.6) is 11.5 Å². The first-order valence-corrected chi connectivity index (χ1v) is 11.2. The van der Waals surface area contributed by atoms with Gasteiger partial charge in [0.25, 0.3) is 17.4 Å². The topological polar surface area (TPSA) is 132 Å². The molecule has 2 aromatic rings. The number of non-ortho nitro benzene ring substituents is 1. The molecular weight excluding hydrogens is 458 g/mol. The number of fused-ring (bicyclic) bond motifs is 1. The number of likely N-dealkylation sites (tertiary alicyclic amines) is 1. The van der Waals surface area contributed by atoms with Gasteiger partial charge in [-0.15, -0.1) is 0 Å². The van der Waals surface area contributed by atoms with Crippen molar-refractivity contribution in [2.75, 3.05) is 46.2 Å². The van der Waals surface area contributed by atoms with Gasteiger partial charge in [0.05, 0.1) is 29.8 Å². The predicted octanol–water partition coefficient (Wildman–Crippen LogP) is 2.08. The number of carbonyl (C=O) groups is 2. The van der Waals surface area contributed by atoms with Crippen molar-refractivity contribution in [1.82, 2.24) is 9.80 Å². The number of rotatable bonds is 6. The third kappa shape index (κ3) is 4.31. The first-order chi connectivity index (χ1) is 16.9. The minimum absolute atomic E-state index is 0.0499. The Labute approximate surface area is 200 Å². The Kier molecular flexibility index (Phi) is 6.10. The van der Waals surface area contributed by atoms with Crippen LogP contribution in [0.15, 0.2) is 48.0 Å². The van der Waals surface area contributed by atoms with Crippen molar-refractivity contribution in [3.63, 3.8) is 0 Å². The standard InChI is InChI=1S/C24H23N3O8/c28-22(16-3-6-18-19(13-16)35-14-34-18)20-21(15-1-4-17(5-2-15)27(31)32)26(24(30)23(20)29)8-7-25-9-11-33-12-10-25/h1-6,13,21,28H,7-12,14H2/t21-/m0/s1. The zero-order valence-electron chi connectivity index (χ0n) is 18.7. The Morgan fingerprint density at radius 3 is 2.46 bits per heavy atom. The van der Waals surface area contributed by atoms with Crippen LogP contribution in [-0.2, 0) is 14.3 Å². The lowest BCUT2D eigenvalue weighted by atomic mass is 9.95. The molecule has 0 unspecified atom stereocenters. The third-order valence-corrected chi connectivity index (χ3v) is 6.37. The van der Waals surface area contributed by atoms with E-state index in [0.29, 0.717) is 55.5 Å². The number of morpholine rings is 1. The number of ether oxygens (including phenoxy) is 3. The number of carbonyl (C=O) groups excluding carboxylic acids is 2. The van der Waals surface area contributed by atoms with E-state index in [1.54, 1.807) is 18.2 Å². The molecule has 3 heterocycles. The van der Waals surface area contributed by atoms with Crippen molar-refractivity contribution in [2.24, 2.45) is 0 Å². The van der Waals surface area contributed by atoms with E-state index in [1.165, 1.54) is 29.2 Å². The lowest BCUT2D eigenvalue weighted by Crippen LogP contribution is -2.42. The minimum atomic E-state index is -0.901. The van der Waals surface area contributed by atoms with Crippen LogP contribution in [0.1, 0.15) is 17.2 Å². The molecule has 1 amide bonds. The van der Waals surface area contributed by atoms with Gasteiger partial charge in [0, 0.05) is 43.9 Å². The van der Waals surface area contributed by atoms with Crippen LogP contribution >= 0.6 is 0 Å². The number of aliphatic hydroxyl groups excluding tert-OH is 1. The highest BCUT2D eigenvalue weighted by Gasteiger charge is 2.46. The predicted molar refractivity (Wildman–Crippen MR) is 122 cm³/mol. The van der Waals surface area contributed by atoms with Gasteiger partial charge in [-0.3, -0.25) is 24.6 Å². The highest BCUT2D eigenvalue weighted by molar-refractivity contribution is 6.46. The first-order valence-electron chi connectivity index (χ1n) is 11.2. The van der Waals surface area contributed by atoms with Crippen LogP contribution in [0.2, 0.25) is 0 Å². The second kappa shape index (κ2) is 9.35. The van der Waals surface area contributed by atoms with E-state index < -0.39 is 22.7 Å². The van der Waals surface area contributed by atoms with Crippen LogP contribution in [0.4, 0.5) is 5.69 Å². The molecule has 11 nitrogen and oxygen atoms in total. The molecule has 0 saturated carbocycles. The molecular formula is C24H23N3O8. The van der Waals surface area contributed by atoms with Gasteiger partial charge in [-0.1, -0.05) is 0 Å². The van der Waals surface area contributed by atoms with Gasteiger partial charge in [-0.2, -0.15) is 0 Å². The largest absolute Gasteiger partial charge is 0.507 e. The molecule has 5 rings (SSSR count). The molecule has 2 saturated heterocycles. The number of ketones is 1. The van der Waals surface area contributed by atoms with Crippen LogP contribution in [0, 0.1) is 10.1 Å². The number of nitrogens with zero attached hydrogens (tertiary/aromatic N) is 3. The molecule has 3 aliphatic heterocycles. The van der Waals surface area contributed by atoms with Crippen LogP contribution in [0.3, 0.4) is 0 Å². The SMILES string of the molecule is O=C1C(=O)N(CCN2CCOCC2)[C@@H](c2ccc([N+](=O)[O-])cc2)C1=C(O)c1ccc2c(c1)OCO2. The summed E-state index contributed by atoms with van der Waals surface area (Å²) in [6.45, 7) is 3.42. The summed E-state index contributed by atoms with van der Waals surface area (Å²) in [4.78, 5) is 40.4. The zero-order chi connectivity index (χ0) is 24.5. The fourth-order valence-electron chi connectivity index (χ4n) is 4.51. The molecule has 0 aromatic heterocycles. The molecule has 0 bridgehead atoms. The van der Waals surface area contributed by atoms with Crippen LogP contribution in [-0.4, -0.2) is 77.7 Å². The summed E-state index contributed by atoms with van der Waals surface area (Å²) in [5.41, 5.74) is 0.589. The van der Waals surface area contributed by atoms with Crippen molar-refractivity contribution in [1.29, 1.82) is 0 Å². The van der Waals surface area contributed by atoms with E-state index in [4.69, 9.17) is 14.2 Å². The Hall–Kier alpha value is -3.96. The first kappa shape index (κ1) is 22.8. The molecule has 3 aliphatic rings. The summed E-state index contributed by atoms with van der Waals surface area (Å²) in [5.74, 6) is -0.963. The summed E-state index contributed by atoms with van der Waals surface area (Å²) in [7, 11) is 0. The highest BCUT2D eigenvalue weighted by Crippen LogP contribution is 2.41. The maximum atomic E-state index is 13.2. The minimum Gasteiger partial charge on any atom is -0.507 e. The van der Waals surface area contributed by atoms with Gasteiger partial charge in [-0.05, 0) is 35.9 Å². The van der Waals surface area contributed by atoms with Crippen molar-refractivity contribution >= 4 is 23.1 Å². The average molecular weight is 481 g/mol. The highest BCUT2D eigenvalue weighted by atomic mass is 16.7. The molecule has 0 radical (unpaired) electrons. The van der Waals surface area contributed by atoms with E-state index in [9.17, 15) is 24.8 Å². The number of nitro groups is 1. The van der Waals surface area contributed by atoms with Crippen LogP contribution < -0.4 is 9.47 Å². The van der Waals surface area contributed by atoms with E-state index >= 15 is 0 Å². The van der Waals surface area contributed by atoms with Crippen LogP contribution in [0.25, 0.3) is 5.76 Å². The molecule has 182 valence electrons. The lowest BCUT2D eigenvalue weighted by Gasteiger charge is -2.31. The second-order valence-corrected chi connectivity index (χ2v) is 8.36. The number of hydrogen-bond acceptors (Lipinski definition) is 9. The number of Topliss-reactive ketones (excluding diaryl/α,β-unsaturated/α-hetero) is 1. The Balaban J connectivity index is 1.54. The van der Waals surface area contributed by atoms with Crippen molar-refractivity contribution < 1.29 is 33.8 Å². The zero-order valence-corrected chi connectivity index (χ0v) is 18.7. The molecule has 0 spiro atoms. The molecule has 1 N–H and O–H groups in total. The molecule has 11 heteroatoms. The van der Waals surface area contributed by atoms with Gasteiger partial charge < -0.3 is 24.2 Å². The maximum absolute atomic E-state index is 13.2. The van der Waals surface area contributed by atoms with Gasteiger partial charge in [0.1, 0.15) is 5.76 Å². The van der Waals surface area contributed by atoms with Gasteiger partial charge >= 0.3 is 0 Å². The normalized spacial score (nSPS) is 21.5. The van der Waals surface area contributed by atoms with Gasteiger partial charge in [-0.25, -0.2) is 0 Å². The molecule has 0 aliphatic carbocycles.